The summed E-state index contributed by atoms with van der Waals surface area (Å²) in [6, 6.07) is 29.8. The Morgan fingerprint density at radius 1 is 0.812 bits per heavy atom. The van der Waals surface area contributed by atoms with Crippen LogP contribution in [-0.4, -0.2) is 19.1 Å². The lowest BCUT2D eigenvalue weighted by molar-refractivity contribution is 0.0954. The van der Waals surface area contributed by atoms with Crippen molar-refractivity contribution in [3.63, 3.8) is 0 Å². The summed E-state index contributed by atoms with van der Waals surface area (Å²) in [4.78, 5) is 12.7. The quantitative estimate of drug-likeness (QED) is 0.369. The second-order valence-electron chi connectivity index (χ2n) is 7.51. The van der Waals surface area contributed by atoms with Crippen LogP contribution >= 0.6 is 0 Å². The van der Waals surface area contributed by atoms with Crippen molar-refractivity contribution in [3.05, 3.63) is 108 Å². The Bertz CT molecular complexity index is 1180. The summed E-state index contributed by atoms with van der Waals surface area (Å²) in [5, 5.41) is 5.19. The van der Waals surface area contributed by atoms with Crippen molar-refractivity contribution in [2.24, 2.45) is 0 Å². The summed E-state index contributed by atoms with van der Waals surface area (Å²) in [6.07, 6.45) is 0.792. The van der Waals surface area contributed by atoms with Gasteiger partial charge in [-0.25, -0.2) is 0 Å². The SMILES string of the molecule is CCOc1ccc(C(=O)NCCc2ccccc2)cc1COc1cccc2ccccc12. The van der Waals surface area contributed by atoms with E-state index in [9.17, 15) is 4.79 Å². The molecule has 0 aliphatic carbocycles. The van der Waals surface area contributed by atoms with Gasteiger partial charge in [0.05, 0.1) is 6.61 Å². The Morgan fingerprint density at radius 3 is 2.44 bits per heavy atom. The maximum Gasteiger partial charge on any atom is 0.251 e. The fraction of sp³-hybridized carbons (Fsp3) is 0.179. The number of hydrogen-bond donors (Lipinski definition) is 1. The number of carbonyl (C=O) groups is 1. The molecule has 0 radical (unpaired) electrons. The molecule has 4 rings (SSSR count). The maximum absolute atomic E-state index is 12.7. The van der Waals surface area contributed by atoms with E-state index in [1.807, 2.05) is 67.6 Å². The van der Waals surface area contributed by atoms with Crippen LogP contribution in [0.5, 0.6) is 11.5 Å². The number of hydrogen-bond acceptors (Lipinski definition) is 3. The number of amides is 1. The van der Waals surface area contributed by atoms with Gasteiger partial charge in [0, 0.05) is 23.1 Å². The molecule has 32 heavy (non-hydrogen) atoms. The van der Waals surface area contributed by atoms with Gasteiger partial charge in [-0.1, -0.05) is 66.7 Å². The van der Waals surface area contributed by atoms with E-state index in [0.717, 1.165) is 34.3 Å². The zero-order valence-corrected chi connectivity index (χ0v) is 18.2. The summed E-state index contributed by atoms with van der Waals surface area (Å²) in [5.74, 6) is 1.44. The number of fused-ring (bicyclic) bond motifs is 1. The Kier molecular flexibility index (Phi) is 7.03. The van der Waals surface area contributed by atoms with E-state index >= 15 is 0 Å². The number of benzene rings is 4. The first-order valence-electron chi connectivity index (χ1n) is 10.9. The van der Waals surface area contributed by atoms with E-state index in [1.165, 1.54) is 5.56 Å². The monoisotopic (exact) mass is 425 g/mol. The molecule has 1 N–H and O–H groups in total. The highest BCUT2D eigenvalue weighted by Gasteiger charge is 2.12. The van der Waals surface area contributed by atoms with Crippen LogP contribution < -0.4 is 14.8 Å². The molecule has 0 saturated heterocycles. The lowest BCUT2D eigenvalue weighted by Gasteiger charge is -2.14. The molecule has 0 saturated carbocycles. The molecule has 0 aliphatic heterocycles. The number of ether oxygens (including phenoxy) is 2. The molecule has 0 fully saturated rings. The molecule has 4 nitrogen and oxygen atoms in total. The number of rotatable bonds is 9. The van der Waals surface area contributed by atoms with Gasteiger partial charge in [0.1, 0.15) is 18.1 Å². The second kappa shape index (κ2) is 10.5. The highest BCUT2D eigenvalue weighted by Crippen LogP contribution is 2.28. The summed E-state index contributed by atoms with van der Waals surface area (Å²) in [7, 11) is 0. The molecule has 1 amide bonds. The molecular formula is C28H27NO3. The van der Waals surface area contributed by atoms with Gasteiger partial charge >= 0.3 is 0 Å². The smallest absolute Gasteiger partial charge is 0.251 e. The molecular weight excluding hydrogens is 398 g/mol. The maximum atomic E-state index is 12.7. The summed E-state index contributed by atoms with van der Waals surface area (Å²) < 4.78 is 11.9. The van der Waals surface area contributed by atoms with Crippen LogP contribution in [0.25, 0.3) is 10.8 Å². The molecule has 4 heteroatoms. The molecule has 0 heterocycles. The summed E-state index contributed by atoms with van der Waals surface area (Å²) in [6.45, 7) is 3.38. The van der Waals surface area contributed by atoms with Gasteiger partial charge in [0.2, 0.25) is 0 Å². The first-order chi connectivity index (χ1) is 15.7. The molecule has 0 unspecified atom stereocenters. The zero-order valence-electron chi connectivity index (χ0n) is 18.2. The van der Waals surface area contributed by atoms with E-state index < -0.39 is 0 Å². The van der Waals surface area contributed by atoms with Gasteiger partial charge in [-0.15, -0.1) is 0 Å². The van der Waals surface area contributed by atoms with E-state index in [2.05, 4.69) is 29.6 Å². The largest absolute Gasteiger partial charge is 0.493 e. The third-order valence-electron chi connectivity index (χ3n) is 5.30. The number of carbonyl (C=O) groups excluding carboxylic acids is 1. The van der Waals surface area contributed by atoms with Crippen LogP contribution in [0.4, 0.5) is 0 Å². The minimum atomic E-state index is -0.101. The summed E-state index contributed by atoms with van der Waals surface area (Å²) in [5.41, 5.74) is 2.64. The van der Waals surface area contributed by atoms with Crippen LogP contribution in [0.15, 0.2) is 91.0 Å². The molecule has 162 valence electrons. The predicted octanol–water partition coefficient (Wildman–Crippen LogP) is 5.79. The van der Waals surface area contributed by atoms with Crippen LogP contribution in [-0.2, 0) is 13.0 Å². The van der Waals surface area contributed by atoms with Gasteiger partial charge < -0.3 is 14.8 Å². The molecule has 4 aromatic carbocycles. The predicted molar refractivity (Wildman–Crippen MR) is 128 cm³/mol. The third-order valence-corrected chi connectivity index (χ3v) is 5.30. The molecule has 0 aromatic heterocycles. The minimum Gasteiger partial charge on any atom is -0.493 e. The van der Waals surface area contributed by atoms with Crippen molar-refractivity contribution in [2.75, 3.05) is 13.2 Å². The molecule has 0 spiro atoms. The fourth-order valence-electron chi connectivity index (χ4n) is 3.67. The lowest BCUT2D eigenvalue weighted by atomic mass is 10.1. The average molecular weight is 426 g/mol. The highest BCUT2D eigenvalue weighted by molar-refractivity contribution is 5.94. The van der Waals surface area contributed by atoms with Gasteiger partial charge in [-0.05, 0) is 48.6 Å². The van der Waals surface area contributed by atoms with Crippen molar-refractivity contribution in [3.8, 4) is 11.5 Å². The van der Waals surface area contributed by atoms with Crippen molar-refractivity contribution in [2.45, 2.75) is 20.0 Å². The Labute approximate surface area is 188 Å². The van der Waals surface area contributed by atoms with Crippen LogP contribution in [0.1, 0.15) is 28.4 Å². The fourth-order valence-corrected chi connectivity index (χ4v) is 3.67. The van der Waals surface area contributed by atoms with Crippen molar-refractivity contribution < 1.29 is 14.3 Å². The van der Waals surface area contributed by atoms with E-state index in [1.54, 1.807) is 6.07 Å². The Balaban J connectivity index is 1.46. The van der Waals surface area contributed by atoms with E-state index in [-0.39, 0.29) is 5.91 Å². The third kappa shape index (κ3) is 5.27. The van der Waals surface area contributed by atoms with Gasteiger partial charge in [-0.3, -0.25) is 4.79 Å². The van der Waals surface area contributed by atoms with Crippen molar-refractivity contribution in [1.29, 1.82) is 0 Å². The van der Waals surface area contributed by atoms with Gasteiger partial charge in [-0.2, -0.15) is 0 Å². The topological polar surface area (TPSA) is 47.6 Å². The Hall–Kier alpha value is -3.79. The van der Waals surface area contributed by atoms with Crippen LogP contribution in [0.2, 0.25) is 0 Å². The average Bonchev–Trinajstić information content (AvgIpc) is 2.84. The standard InChI is InChI=1S/C28H27NO3/c1-2-31-26-16-15-23(28(30)29-18-17-21-9-4-3-5-10-21)19-24(26)20-32-27-14-8-12-22-11-6-7-13-25(22)27/h3-16,19H,2,17-18,20H2,1H3,(H,29,30). The Morgan fingerprint density at radius 2 is 1.59 bits per heavy atom. The highest BCUT2D eigenvalue weighted by atomic mass is 16.5. The van der Waals surface area contributed by atoms with E-state index in [0.29, 0.717) is 25.3 Å². The van der Waals surface area contributed by atoms with Crippen molar-refractivity contribution >= 4 is 16.7 Å². The van der Waals surface area contributed by atoms with Gasteiger partial charge in [0.15, 0.2) is 0 Å². The van der Waals surface area contributed by atoms with Crippen LogP contribution in [0, 0.1) is 0 Å². The molecule has 0 aliphatic rings. The first kappa shape index (κ1) is 21.4. The molecule has 0 bridgehead atoms. The lowest BCUT2D eigenvalue weighted by Crippen LogP contribution is -2.25. The van der Waals surface area contributed by atoms with Crippen molar-refractivity contribution in [1.82, 2.24) is 5.32 Å². The van der Waals surface area contributed by atoms with Crippen LogP contribution in [0.3, 0.4) is 0 Å². The minimum absolute atomic E-state index is 0.101. The summed E-state index contributed by atoms with van der Waals surface area (Å²) >= 11 is 0. The molecule has 0 atom stereocenters. The zero-order chi connectivity index (χ0) is 22.2. The number of nitrogens with one attached hydrogen (secondary N) is 1. The molecule has 4 aromatic rings. The van der Waals surface area contributed by atoms with E-state index in [4.69, 9.17) is 9.47 Å². The van der Waals surface area contributed by atoms with Gasteiger partial charge in [0.25, 0.3) is 5.91 Å². The second-order valence-corrected chi connectivity index (χ2v) is 7.51. The normalized spacial score (nSPS) is 10.7. The first-order valence-corrected chi connectivity index (χ1v) is 10.9.